The summed E-state index contributed by atoms with van der Waals surface area (Å²) >= 11 is 0. The number of hydrogen-bond acceptors (Lipinski definition) is 2. The van der Waals surface area contributed by atoms with Crippen molar-refractivity contribution in [2.45, 2.75) is 51.9 Å². The third-order valence-electron chi connectivity index (χ3n) is 5.04. The first kappa shape index (κ1) is 15.1. The van der Waals surface area contributed by atoms with E-state index < -0.39 is 11.4 Å². The van der Waals surface area contributed by atoms with Gasteiger partial charge in [0.05, 0.1) is 5.41 Å². The molecule has 114 valence electrons. The van der Waals surface area contributed by atoms with E-state index in [1.165, 1.54) is 25.7 Å². The number of rotatable bonds is 5. The Balaban J connectivity index is 1.64. The Morgan fingerprint density at radius 3 is 2.30 bits per heavy atom. The first-order chi connectivity index (χ1) is 9.52. The molecule has 0 aliphatic heterocycles. The number of urea groups is 1. The fourth-order valence-electron chi connectivity index (χ4n) is 3.15. The van der Waals surface area contributed by atoms with Gasteiger partial charge < -0.3 is 15.7 Å². The molecule has 0 bridgehead atoms. The molecule has 2 aliphatic rings. The van der Waals surface area contributed by atoms with Crippen LogP contribution in [0.3, 0.4) is 0 Å². The minimum atomic E-state index is -0.787. The van der Waals surface area contributed by atoms with Crippen molar-refractivity contribution in [1.29, 1.82) is 0 Å². The van der Waals surface area contributed by atoms with E-state index in [-0.39, 0.29) is 12.6 Å². The zero-order chi connectivity index (χ0) is 14.6. The van der Waals surface area contributed by atoms with Gasteiger partial charge in [0.15, 0.2) is 0 Å². The lowest BCUT2D eigenvalue weighted by Crippen LogP contribution is -2.50. The molecule has 0 aromatic heterocycles. The smallest absolute Gasteiger partial charge is 0.314 e. The van der Waals surface area contributed by atoms with Crippen LogP contribution in [0.1, 0.15) is 51.9 Å². The SMILES string of the molecule is CC1CCC(CNC(=O)NCC2(C(=O)O)CCC2)CC1. The number of nitrogens with one attached hydrogen (secondary N) is 2. The average Bonchev–Trinajstić information content (AvgIpc) is 2.36. The Labute approximate surface area is 120 Å². The van der Waals surface area contributed by atoms with Crippen molar-refractivity contribution < 1.29 is 14.7 Å². The molecule has 5 nitrogen and oxygen atoms in total. The zero-order valence-corrected chi connectivity index (χ0v) is 12.3. The summed E-state index contributed by atoms with van der Waals surface area (Å²) < 4.78 is 0. The van der Waals surface area contributed by atoms with Crippen LogP contribution in [0, 0.1) is 17.3 Å². The zero-order valence-electron chi connectivity index (χ0n) is 12.3. The van der Waals surface area contributed by atoms with E-state index in [1.54, 1.807) is 0 Å². The molecule has 2 rings (SSSR count). The number of hydrogen-bond donors (Lipinski definition) is 3. The van der Waals surface area contributed by atoms with E-state index in [2.05, 4.69) is 17.6 Å². The molecular formula is C15H26N2O3. The van der Waals surface area contributed by atoms with E-state index in [9.17, 15) is 14.7 Å². The first-order valence-corrected chi connectivity index (χ1v) is 7.77. The molecule has 2 saturated carbocycles. The molecular weight excluding hydrogens is 256 g/mol. The molecule has 0 atom stereocenters. The highest BCUT2D eigenvalue weighted by Crippen LogP contribution is 2.40. The predicted molar refractivity (Wildman–Crippen MR) is 76.4 cm³/mol. The maximum absolute atomic E-state index is 11.7. The van der Waals surface area contributed by atoms with Gasteiger partial charge in [-0.2, -0.15) is 0 Å². The Morgan fingerprint density at radius 2 is 1.80 bits per heavy atom. The number of carbonyl (C=O) groups excluding carboxylic acids is 1. The first-order valence-electron chi connectivity index (χ1n) is 7.77. The highest BCUT2D eigenvalue weighted by atomic mass is 16.4. The van der Waals surface area contributed by atoms with Gasteiger partial charge in [0.1, 0.15) is 0 Å². The molecule has 3 N–H and O–H groups in total. The Bertz CT molecular complexity index is 358. The van der Waals surface area contributed by atoms with Crippen LogP contribution in [0.15, 0.2) is 0 Å². The molecule has 0 saturated heterocycles. The highest BCUT2D eigenvalue weighted by Gasteiger charge is 2.44. The van der Waals surface area contributed by atoms with E-state index in [0.717, 1.165) is 12.3 Å². The van der Waals surface area contributed by atoms with Crippen LogP contribution in [-0.2, 0) is 4.79 Å². The van der Waals surface area contributed by atoms with Crippen molar-refractivity contribution in [1.82, 2.24) is 10.6 Å². The monoisotopic (exact) mass is 282 g/mol. The summed E-state index contributed by atoms with van der Waals surface area (Å²) in [6.07, 6.45) is 7.13. The van der Waals surface area contributed by atoms with Crippen LogP contribution < -0.4 is 10.6 Å². The molecule has 0 radical (unpaired) electrons. The van der Waals surface area contributed by atoms with Crippen LogP contribution in [0.5, 0.6) is 0 Å². The van der Waals surface area contributed by atoms with Crippen LogP contribution in [0.2, 0.25) is 0 Å². The molecule has 2 amide bonds. The lowest BCUT2D eigenvalue weighted by atomic mass is 9.69. The number of carboxylic acid groups (broad SMARTS) is 1. The van der Waals surface area contributed by atoms with Gasteiger partial charge in [-0.15, -0.1) is 0 Å². The van der Waals surface area contributed by atoms with Crippen molar-refractivity contribution >= 4 is 12.0 Å². The van der Waals surface area contributed by atoms with Crippen LogP contribution >= 0.6 is 0 Å². The van der Waals surface area contributed by atoms with Gasteiger partial charge in [-0.25, -0.2) is 4.79 Å². The Kier molecular flexibility index (Phi) is 4.89. The van der Waals surface area contributed by atoms with Gasteiger partial charge in [-0.3, -0.25) is 4.79 Å². The number of carbonyl (C=O) groups is 2. The van der Waals surface area contributed by atoms with E-state index in [1.807, 2.05) is 0 Å². The molecule has 0 unspecified atom stereocenters. The third kappa shape index (κ3) is 3.64. The maximum Gasteiger partial charge on any atom is 0.314 e. The Hall–Kier alpha value is -1.26. The lowest BCUT2D eigenvalue weighted by molar-refractivity contribution is -0.153. The molecule has 0 spiro atoms. The second kappa shape index (κ2) is 6.46. The fourth-order valence-corrected chi connectivity index (χ4v) is 3.15. The summed E-state index contributed by atoms with van der Waals surface area (Å²) in [5.74, 6) is 0.605. The topological polar surface area (TPSA) is 78.4 Å². The van der Waals surface area contributed by atoms with Crippen molar-refractivity contribution in [3.05, 3.63) is 0 Å². The van der Waals surface area contributed by atoms with Gasteiger partial charge in [-0.05, 0) is 37.5 Å². The molecule has 2 fully saturated rings. The lowest BCUT2D eigenvalue weighted by Gasteiger charge is -2.37. The largest absolute Gasteiger partial charge is 0.481 e. The number of amides is 2. The summed E-state index contributed by atoms with van der Waals surface area (Å²) in [4.78, 5) is 22.9. The summed E-state index contributed by atoms with van der Waals surface area (Å²) in [7, 11) is 0. The second-order valence-corrected chi connectivity index (χ2v) is 6.63. The van der Waals surface area contributed by atoms with Gasteiger partial charge in [0, 0.05) is 13.1 Å². The van der Waals surface area contributed by atoms with Gasteiger partial charge in [-0.1, -0.05) is 26.2 Å². The Morgan fingerprint density at radius 1 is 1.15 bits per heavy atom. The average molecular weight is 282 g/mol. The van der Waals surface area contributed by atoms with Gasteiger partial charge in [0.25, 0.3) is 0 Å². The van der Waals surface area contributed by atoms with E-state index in [0.29, 0.717) is 25.3 Å². The van der Waals surface area contributed by atoms with Crippen molar-refractivity contribution in [3.8, 4) is 0 Å². The van der Waals surface area contributed by atoms with Crippen molar-refractivity contribution in [2.24, 2.45) is 17.3 Å². The quantitative estimate of drug-likeness (QED) is 0.724. The maximum atomic E-state index is 11.7. The van der Waals surface area contributed by atoms with E-state index in [4.69, 9.17) is 0 Å². The second-order valence-electron chi connectivity index (χ2n) is 6.63. The normalized spacial score (nSPS) is 28.2. The standard InChI is InChI=1S/C15H26N2O3/c1-11-3-5-12(6-4-11)9-16-14(20)17-10-15(13(18)19)7-2-8-15/h11-12H,2-10H2,1H3,(H,18,19)(H2,16,17,20). The minimum Gasteiger partial charge on any atom is -0.481 e. The summed E-state index contributed by atoms with van der Waals surface area (Å²) in [6.45, 7) is 3.23. The van der Waals surface area contributed by atoms with Gasteiger partial charge >= 0.3 is 12.0 Å². The molecule has 0 heterocycles. The molecule has 20 heavy (non-hydrogen) atoms. The highest BCUT2D eigenvalue weighted by molar-refractivity contribution is 5.78. The van der Waals surface area contributed by atoms with Crippen molar-refractivity contribution in [2.75, 3.05) is 13.1 Å². The van der Waals surface area contributed by atoms with Crippen LogP contribution in [0.25, 0.3) is 0 Å². The predicted octanol–water partition coefficient (Wildman–Crippen LogP) is 2.37. The molecule has 2 aliphatic carbocycles. The number of aliphatic carboxylic acids is 1. The summed E-state index contributed by atoms with van der Waals surface area (Å²) in [5.41, 5.74) is -0.711. The van der Waals surface area contributed by atoms with Crippen LogP contribution in [-0.4, -0.2) is 30.2 Å². The van der Waals surface area contributed by atoms with Gasteiger partial charge in [0.2, 0.25) is 0 Å². The third-order valence-corrected chi connectivity index (χ3v) is 5.04. The van der Waals surface area contributed by atoms with E-state index >= 15 is 0 Å². The molecule has 5 heteroatoms. The van der Waals surface area contributed by atoms with Crippen molar-refractivity contribution in [3.63, 3.8) is 0 Å². The summed E-state index contributed by atoms with van der Waals surface area (Å²) in [5, 5.41) is 14.8. The van der Waals surface area contributed by atoms with Crippen LogP contribution in [0.4, 0.5) is 4.79 Å². The minimum absolute atomic E-state index is 0.226. The molecule has 0 aromatic carbocycles. The fraction of sp³-hybridized carbons (Fsp3) is 0.867. The molecule has 0 aromatic rings. The number of carboxylic acids is 1. The summed E-state index contributed by atoms with van der Waals surface area (Å²) in [6, 6.07) is -0.226.